The second kappa shape index (κ2) is 4.41. The number of ether oxygens (including phenoxy) is 1. The lowest BCUT2D eigenvalue weighted by Crippen LogP contribution is -1.90. The highest BCUT2D eigenvalue weighted by molar-refractivity contribution is 6.29. The summed E-state index contributed by atoms with van der Waals surface area (Å²) >= 11 is 5.84. The van der Waals surface area contributed by atoms with Crippen LogP contribution in [0.4, 0.5) is 5.69 Å². The third kappa shape index (κ3) is 2.25. The van der Waals surface area contributed by atoms with Crippen LogP contribution in [0.25, 0.3) is 11.3 Å². The second-order valence-electron chi connectivity index (χ2n) is 3.34. The molecule has 0 aliphatic heterocycles. The van der Waals surface area contributed by atoms with Gasteiger partial charge in [-0.3, -0.25) is 0 Å². The summed E-state index contributed by atoms with van der Waals surface area (Å²) in [5, 5.41) is 0.394. The van der Waals surface area contributed by atoms with Gasteiger partial charge in [0.25, 0.3) is 0 Å². The van der Waals surface area contributed by atoms with Gasteiger partial charge in [-0.15, -0.1) is 0 Å². The van der Waals surface area contributed by atoms with E-state index in [-0.39, 0.29) is 0 Å². The Kier molecular flexibility index (Phi) is 2.97. The number of nitrogens with zero attached hydrogens (tertiary/aromatic N) is 1. The Morgan fingerprint density at radius 1 is 1.19 bits per heavy atom. The molecule has 2 N–H and O–H groups in total. The highest BCUT2D eigenvalue weighted by Crippen LogP contribution is 2.24. The summed E-state index contributed by atoms with van der Waals surface area (Å²) in [7, 11) is 1.63. The van der Waals surface area contributed by atoms with Gasteiger partial charge in [-0.05, 0) is 36.4 Å². The molecule has 0 amide bonds. The predicted octanol–water partition coefficient (Wildman–Crippen LogP) is 2.99. The third-order valence-electron chi connectivity index (χ3n) is 2.20. The predicted molar refractivity (Wildman–Crippen MR) is 65.6 cm³/mol. The van der Waals surface area contributed by atoms with E-state index in [1.54, 1.807) is 19.2 Å². The first-order valence-electron chi connectivity index (χ1n) is 4.76. The van der Waals surface area contributed by atoms with E-state index in [1.807, 2.05) is 24.3 Å². The molecule has 0 saturated heterocycles. The van der Waals surface area contributed by atoms with E-state index < -0.39 is 0 Å². The van der Waals surface area contributed by atoms with Crippen LogP contribution in [-0.4, -0.2) is 12.1 Å². The van der Waals surface area contributed by atoms with Crippen molar-refractivity contribution in [3.63, 3.8) is 0 Å². The Hall–Kier alpha value is -1.74. The van der Waals surface area contributed by atoms with Crippen molar-refractivity contribution < 1.29 is 4.74 Å². The average Bonchev–Trinajstić information content (AvgIpc) is 2.28. The van der Waals surface area contributed by atoms with Crippen molar-refractivity contribution >= 4 is 17.3 Å². The first-order valence-corrected chi connectivity index (χ1v) is 5.14. The van der Waals surface area contributed by atoms with Gasteiger partial charge in [-0.25, -0.2) is 4.98 Å². The smallest absolute Gasteiger partial charge is 0.131 e. The molecule has 0 spiro atoms. The standard InChI is InChI=1S/C12H11ClN2O/c1-16-10-4-2-8(3-5-10)11-6-9(14)7-12(13)15-11/h2-7H,1H3,(H2,14,15). The Morgan fingerprint density at radius 3 is 2.44 bits per heavy atom. The molecule has 0 saturated carbocycles. The molecule has 1 heterocycles. The lowest BCUT2D eigenvalue weighted by atomic mass is 10.1. The zero-order chi connectivity index (χ0) is 11.5. The van der Waals surface area contributed by atoms with Crippen LogP contribution in [0.1, 0.15) is 0 Å². The number of nitrogens with two attached hydrogens (primary N) is 1. The fourth-order valence-electron chi connectivity index (χ4n) is 1.43. The number of pyridine rings is 1. The molecule has 1 aromatic heterocycles. The zero-order valence-corrected chi connectivity index (χ0v) is 9.53. The Morgan fingerprint density at radius 2 is 1.88 bits per heavy atom. The van der Waals surface area contributed by atoms with Crippen LogP contribution in [0.3, 0.4) is 0 Å². The van der Waals surface area contributed by atoms with Crippen molar-refractivity contribution in [2.75, 3.05) is 12.8 Å². The number of anilines is 1. The molecule has 4 heteroatoms. The normalized spacial score (nSPS) is 10.1. The molecule has 0 radical (unpaired) electrons. The Labute approximate surface area is 98.8 Å². The molecule has 2 rings (SSSR count). The van der Waals surface area contributed by atoms with Crippen LogP contribution in [0.2, 0.25) is 5.15 Å². The van der Waals surface area contributed by atoms with E-state index in [0.29, 0.717) is 10.8 Å². The van der Waals surface area contributed by atoms with Crippen molar-refractivity contribution in [3.05, 3.63) is 41.6 Å². The lowest BCUT2D eigenvalue weighted by Gasteiger charge is -2.04. The fourth-order valence-corrected chi connectivity index (χ4v) is 1.64. The number of nitrogen functional groups attached to an aromatic ring is 1. The van der Waals surface area contributed by atoms with Gasteiger partial charge in [0.2, 0.25) is 0 Å². The molecule has 0 fully saturated rings. The lowest BCUT2D eigenvalue weighted by molar-refractivity contribution is 0.415. The van der Waals surface area contributed by atoms with Crippen LogP contribution in [0, 0.1) is 0 Å². The fraction of sp³-hybridized carbons (Fsp3) is 0.0833. The average molecular weight is 235 g/mol. The molecule has 0 aliphatic carbocycles. The molecule has 0 aliphatic rings. The zero-order valence-electron chi connectivity index (χ0n) is 8.77. The van der Waals surface area contributed by atoms with E-state index in [2.05, 4.69) is 4.98 Å². The maximum atomic E-state index is 5.84. The van der Waals surface area contributed by atoms with Crippen molar-refractivity contribution in [2.45, 2.75) is 0 Å². The minimum absolute atomic E-state index is 0.394. The van der Waals surface area contributed by atoms with Gasteiger partial charge in [0.05, 0.1) is 12.8 Å². The van der Waals surface area contributed by atoms with Crippen LogP contribution < -0.4 is 10.5 Å². The van der Waals surface area contributed by atoms with Crippen molar-refractivity contribution in [3.8, 4) is 17.0 Å². The summed E-state index contributed by atoms with van der Waals surface area (Å²) in [5.41, 5.74) is 8.02. The number of hydrogen-bond acceptors (Lipinski definition) is 3. The van der Waals surface area contributed by atoms with Crippen molar-refractivity contribution in [2.24, 2.45) is 0 Å². The van der Waals surface area contributed by atoms with Crippen LogP contribution in [0.15, 0.2) is 36.4 Å². The first kappa shape index (κ1) is 10.8. The largest absolute Gasteiger partial charge is 0.497 e. The highest BCUT2D eigenvalue weighted by Gasteiger charge is 2.02. The van der Waals surface area contributed by atoms with Gasteiger partial charge < -0.3 is 10.5 Å². The number of aromatic nitrogens is 1. The second-order valence-corrected chi connectivity index (χ2v) is 3.72. The van der Waals surface area contributed by atoms with Gasteiger partial charge in [0.1, 0.15) is 10.9 Å². The minimum Gasteiger partial charge on any atom is -0.497 e. The van der Waals surface area contributed by atoms with Gasteiger partial charge in [-0.1, -0.05) is 11.6 Å². The molecule has 0 unspecified atom stereocenters. The molecular weight excluding hydrogens is 224 g/mol. The number of methoxy groups -OCH3 is 1. The summed E-state index contributed by atoms with van der Waals surface area (Å²) < 4.78 is 5.08. The third-order valence-corrected chi connectivity index (χ3v) is 2.40. The maximum absolute atomic E-state index is 5.84. The van der Waals surface area contributed by atoms with Crippen LogP contribution >= 0.6 is 11.6 Å². The first-order chi connectivity index (χ1) is 7.69. The Bertz CT molecular complexity index is 477. The quantitative estimate of drug-likeness (QED) is 0.813. The molecular formula is C12H11ClN2O. The van der Waals surface area contributed by atoms with E-state index in [4.69, 9.17) is 22.1 Å². The van der Waals surface area contributed by atoms with Crippen molar-refractivity contribution in [1.29, 1.82) is 0 Å². The van der Waals surface area contributed by atoms with Gasteiger partial charge in [-0.2, -0.15) is 0 Å². The van der Waals surface area contributed by atoms with Gasteiger partial charge in [0, 0.05) is 11.3 Å². The SMILES string of the molecule is COc1ccc(-c2cc(N)cc(Cl)n2)cc1. The van der Waals surface area contributed by atoms with Gasteiger partial charge in [0.15, 0.2) is 0 Å². The van der Waals surface area contributed by atoms with Gasteiger partial charge >= 0.3 is 0 Å². The number of rotatable bonds is 2. The van der Waals surface area contributed by atoms with Crippen LogP contribution in [0.5, 0.6) is 5.75 Å². The maximum Gasteiger partial charge on any atom is 0.131 e. The van der Waals surface area contributed by atoms with E-state index in [1.165, 1.54) is 0 Å². The monoisotopic (exact) mass is 234 g/mol. The summed E-state index contributed by atoms with van der Waals surface area (Å²) in [6.45, 7) is 0. The molecule has 0 atom stereocenters. The number of benzene rings is 1. The topological polar surface area (TPSA) is 48.1 Å². The Balaban J connectivity index is 2.42. The number of hydrogen-bond donors (Lipinski definition) is 1. The summed E-state index contributed by atoms with van der Waals surface area (Å²) in [6.07, 6.45) is 0. The molecule has 0 bridgehead atoms. The summed E-state index contributed by atoms with van der Waals surface area (Å²) in [6, 6.07) is 11.0. The van der Waals surface area contributed by atoms with Crippen LogP contribution in [-0.2, 0) is 0 Å². The molecule has 2 aromatic rings. The van der Waals surface area contributed by atoms with E-state index in [0.717, 1.165) is 17.0 Å². The molecule has 16 heavy (non-hydrogen) atoms. The molecule has 82 valence electrons. The number of halogens is 1. The summed E-state index contributed by atoms with van der Waals surface area (Å²) in [5.74, 6) is 0.804. The van der Waals surface area contributed by atoms with Crippen molar-refractivity contribution in [1.82, 2.24) is 4.98 Å². The summed E-state index contributed by atoms with van der Waals surface area (Å²) in [4.78, 5) is 4.20. The van der Waals surface area contributed by atoms with E-state index >= 15 is 0 Å². The molecule has 3 nitrogen and oxygen atoms in total. The van der Waals surface area contributed by atoms with E-state index in [9.17, 15) is 0 Å². The molecule has 1 aromatic carbocycles. The minimum atomic E-state index is 0.394. The highest BCUT2D eigenvalue weighted by atomic mass is 35.5.